The van der Waals surface area contributed by atoms with Crippen LogP contribution in [0.3, 0.4) is 0 Å². The summed E-state index contributed by atoms with van der Waals surface area (Å²) in [4.78, 5) is 3.82. The first kappa shape index (κ1) is 10.6. The number of ether oxygens (including phenoxy) is 1. The zero-order valence-electron chi connectivity index (χ0n) is 6.78. The van der Waals surface area contributed by atoms with Crippen LogP contribution in [0, 0.1) is 0 Å². The van der Waals surface area contributed by atoms with Crippen molar-refractivity contribution in [1.82, 2.24) is 4.98 Å². The molecule has 0 aliphatic rings. The van der Waals surface area contributed by atoms with Gasteiger partial charge in [-0.1, -0.05) is 11.6 Å². The zero-order valence-corrected chi connectivity index (χ0v) is 8.29. The Labute approximate surface area is 86.3 Å². The monoisotopic (exact) mass is 221 g/mol. The van der Waals surface area contributed by atoms with E-state index in [1.54, 1.807) is 6.07 Å². The molecule has 1 heterocycles. The Morgan fingerprint density at radius 1 is 1.54 bits per heavy atom. The second kappa shape index (κ2) is 5.27. The number of aliphatic hydroxyl groups excluding tert-OH is 1. The molecular weight excluding hydrogens is 213 g/mol. The largest absolute Gasteiger partial charge is 0.489 e. The van der Waals surface area contributed by atoms with E-state index in [2.05, 4.69) is 4.98 Å². The predicted molar refractivity (Wildman–Crippen MR) is 51.5 cm³/mol. The van der Waals surface area contributed by atoms with Crippen LogP contribution in [0.4, 0.5) is 0 Å². The van der Waals surface area contributed by atoms with E-state index in [1.165, 1.54) is 12.4 Å². The minimum atomic E-state index is -0.666. The molecule has 0 aromatic carbocycles. The lowest BCUT2D eigenvalue weighted by atomic mass is 10.4. The van der Waals surface area contributed by atoms with E-state index in [0.717, 1.165) is 0 Å². The third-order valence-corrected chi connectivity index (χ3v) is 1.86. The second-order valence-electron chi connectivity index (χ2n) is 2.46. The van der Waals surface area contributed by atoms with Crippen molar-refractivity contribution in [1.29, 1.82) is 0 Å². The first-order chi connectivity index (χ1) is 6.22. The van der Waals surface area contributed by atoms with Crippen molar-refractivity contribution in [3.05, 3.63) is 23.5 Å². The smallest absolute Gasteiger partial charge is 0.139 e. The Morgan fingerprint density at radius 2 is 2.31 bits per heavy atom. The van der Waals surface area contributed by atoms with E-state index in [9.17, 15) is 0 Å². The molecule has 0 radical (unpaired) electrons. The van der Waals surface area contributed by atoms with Gasteiger partial charge in [-0.3, -0.25) is 4.98 Å². The van der Waals surface area contributed by atoms with Crippen molar-refractivity contribution in [3.63, 3.8) is 0 Å². The Balaban J connectivity index is 2.45. The van der Waals surface area contributed by atoms with Crippen LogP contribution in [-0.4, -0.2) is 28.7 Å². The van der Waals surface area contributed by atoms with Crippen LogP contribution in [0.15, 0.2) is 18.5 Å². The van der Waals surface area contributed by atoms with Gasteiger partial charge < -0.3 is 9.84 Å². The highest BCUT2D eigenvalue weighted by Crippen LogP contribution is 2.15. The van der Waals surface area contributed by atoms with E-state index in [-0.39, 0.29) is 12.5 Å². The van der Waals surface area contributed by atoms with E-state index < -0.39 is 6.10 Å². The van der Waals surface area contributed by atoms with Crippen molar-refractivity contribution in [2.45, 2.75) is 6.10 Å². The molecule has 0 saturated carbocycles. The van der Waals surface area contributed by atoms with Crippen LogP contribution in [0.1, 0.15) is 0 Å². The van der Waals surface area contributed by atoms with Gasteiger partial charge in [0, 0.05) is 12.3 Å². The first-order valence-electron chi connectivity index (χ1n) is 3.69. The Kier molecular flexibility index (Phi) is 4.28. The summed E-state index contributed by atoms with van der Waals surface area (Å²) in [5.41, 5.74) is 0. The highest BCUT2D eigenvalue weighted by molar-refractivity contribution is 6.30. The number of halogens is 2. The molecule has 1 aromatic heterocycles. The summed E-state index contributed by atoms with van der Waals surface area (Å²) in [6.07, 6.45) is 2.36. The Morgan fingerprint density at radius 3 is 2.92 bits per heavy atom. The number of alkyl halides is 1. The Bertz CT molecular complexity index is 270. The van der Waals surface area contributed by atoms with Gasteiger partial charge in [-0.05, 0) is 0 Å². The standard InChI is InChI=1S/C8H9Cl2NO2/c9-2-7(12)5-13-8-1-6(10)3-11-4-8/h1,3-4,7,12H,2,5H2. The maximum atomic E-state index is 9.08. The van der Waals surface area contributed by atoms with Crippen molar-refractivity contribution < 1.29 is 9.84 Å². The summed E-state index contributed by atoms with van der Waals surface area (Å²) in [6.45, 7) is 0.144. The van der Waals surface area contributed by atoms with E-state index in [4.69, 9.17) is 33.0 Å². The summed E-state index contributed by atoms with van der Waals surface area (Å²) in [6, 6.07) is 1.62. The molecule has 13 heavy (non-hydrogen) atoms. The zero-order chi connectivity index (χ0) is 9.68. The number of aliphatic hydroxyl groups is 1. The van der Waals surface area contributed by atoms with Gasteiger partial charge in [-0.15, -0.1) is 11.6 Å². The van der Waals surface area contributed by atoms with Crippen molar-refractivity contribution in [3.8, 4) is 5.75 Å². The van der Waals surface area contributed by atoms with Crippen molar-refractivity contribution in [2.24, 2.45) is 0 Å². The lowest BCUT2D eigenvalue weighted by Crippen LogP contribution is -2.18. The molecule has 0 aliphatic carbocycles. The number of pyridine rings is 1. The topological polar surface area (TPSA) is 42.4 Å². The molecule has 5 heteroatoms. The van der Waals surface area contributed by atoms with E-state index in [1.807, 2.05) is 0 Å². The molecule has 0 saturated heterocycles. The average Bonchev–Trinajstić information content (AvgIpc) is 2.14. The molecule has 0 fully saturated rings. The molecule has 1 atom stereocenters. The van der Waals surface area contributed by atoms with Gasteiger partial charge in [0.05, 0.1) is 17.1 Å². The maximum absolute atomic E-state index is 9.08. The third kappa shape index (κ3) is 3.81. The summed E-state index contributed by atoms with van der Waals surface area (Å²) in [7, 11) is 0. The summed E-state index contributed by atoms with van der Waals surface area (Å²) in [5.74, 6) is 0.672. The molecule has 1 aromatic rings. The lowest BCUT2D eigenvalue weighted by molar-refractivity contribution is 0.125. The van der Waals surface area contributed by atoms with Crippen molar-refractivity contribution >= 4 is 23.2 Å². The fourth-order valence-corrected chi connectivity index (χ4v) is 0.961. The first-order valence-corrected chi connectivity index (χ1v) is 4.61. The summed E-state index contributed by atoms with van der Waals surface area (Å²) < 4.78 is 5.16. The predicted octanol–water partition coefficient (Wildman–Crippen LogP) is 1.71. The minimum absolute atomic E-state index is 0.144. The molecule has 1 unspecified atom stereocenters. The Hall–Kier alpha value is -0.510. The molecule has 0 spiro atoms. The van der Waals surface area contributed by atoms with Crippen LogP contribution in [-0.2, 0) is 0 Å². The van der Waals surface area contributed by atoms with Gasteiger partial charge in [-0.25, -0.2) is 0 Å². The molecule has 0 amide bonds. The van der Waals surface area contributed by atoms with Gasteiger partial charge in [0.1, 0.15) is 18.5 Å². The average molecular weight is 222 g/mol. The molecule has 1 N–H and O–H groups in total. The summed E-state index contributed by atoms with van der Waals surface area (Å²) in [5, 5.41) is 9.58. The van der Waals surface area contributed by atoms with E-state index >= 15 is 0 Å². The molecule has 3 nitrogen and oxygen atoms in total. The van der Waals surface area contributed by atoms with Crippen LogP contribution in [0.2, 0.25) is 5.02 Å². The van der Waals surface area contributed by atoms with Crippen LogP contribution in [0.25, 0.3) is 0 Å². The SMILES string of the molecule is OC(CCl)COc1cncc(Cl)c1. The van der Waals surface area contributed by atoms with Crippen LogP contribution >= 0.6 is 23.2 Å². The van der Waals surface area contributed by atoms with E-state index in [0.29, 0.717) is 10.8 Å². The molecule has 0 bridgehead atoms. The van der Waals surface area contributed by atoms with Gasteiger partial charge >= 0.3 is 0 Å². The number of hydrogen-bond acceptors (Lipinski definition) is 3. The molecule has 72 valence electrons. The fraction of sp³-hybridized carbons (Fsp3) is 0.375. The highest BCUT2D eigenvalue weighted by atomic mass is 35.5. The molecule has 0 aliphatic heterocycles. The normalized spacial score (nSPS) is 12.5. The van der Waals surface area contributed by atoms with Gasteiger partial charge in [0.25, 0.3) is 0 Å². The van der Waals surface area contributed by atoms with Gasteiger partial charge in [-0.2, -0.15) is 0 Å². The highest BCUT2D eigenvalue weighted by Gasteiger charge is 2.03. The lowest BCUT2D eigenvalue weighted by Gasteiger charge is -2.08. The van der Waals surface area contributed by atoms with Crippen molar-refractivity contribution in [2.75, 3.05) is 12.5 Å². The number of hydrogen-bond donors (Lipinski definition) is 1. The maximum Gasteiger partial charge on any atom is 0.139 e. The quantitative estimate of drug-likeness (QED) is 0.788. The second-order valence-corrected chi connectivity index (χ2v) is 3.20. The third-order valence-electron chi connectivity index (χ3n) is 1.30. The number of nitrogens with zero attached hydrogens (tertiary/aromatic N) is 1. The molecular formula is C8H9Cl2NO2. The van der Waals surface area contributed by atoms with Gasteiger partial charge in [0.15, 0.2) is 0 Å². The minimum Gasteiger partial charge on any atom is -0.489 e. The van der Waals surface area contributed by atoms with Crippen LogP contribution in [0.5, 0.6) is 5.75 Å². The molecule has 1 rings (SSSR count). The number of aromatic nitrogens is 1. The van der Waals surface area contributed by atoms with Gasteiger partial charge in [0.2, 0.25) is 0 Å². The summed E-state index contributed by atoms with van der Waals surface area (Å²) >= 11 is 11.0. The number of rotatable bonds is 4. The fourth-order valence-electron chi connectivity index (χ4n) is 0.708. The van der Waals surface area contributed by atoms with Crippen LogP contribution < -0.4 is 4.74 Å².